The minimum atomic E-state index is -0.362. The molecule has 0 unspecified atom stereocenters. The van der Waals surface area contributed by atoms with Gasteiger partial charge in [0.15, 0.2) is 6.29 Å². The highest BCUT2D eigenvalue weighted by atomic mass is 35.5. The number of aliphatic hydroxyl groups is 1. The first-order valence-electron chi connectivity index (χ1n) is 5.76. The highest BCUT2D eigenvalue weighted by Gasteiger charge is 2.55. The number of fused-ring (bicyclic) bond motifs is 2. The predicted octanol–water partition coefficient (Wildman–Crippen LogP) is 1.37. The average molecular weight is 233 g/mol. The normalized spacial score (nSPS) is 59.0. The summed E-state index contributed by atoms with van der Waals surface area (Å²) in [4.78, 5) is 0. The zero-order valence-electron chi connectivity index (χ0n) is 8.80. The number of halogens is 1. The van der Waals surface area contributed by atoms with Crippen molar-refractivity contribution in [2.24, 2.45) is 17.8 Å². The van der Waals surface area contributed by atoms with Gasteiger partial charge in [-0.2, -0.15) is 0 Å². The first kappa shape index (κ1) is 10.3. The van der Waals surface area contributed by atoms with E-state index in [1.807, 2.05) is 6.92 Å². The quantitative estimate of drug-likeness (QED) is 0.694. The van der Waals surface area contributed by atoms with E-state index in [2.05, 4.69) is 0 Å². The lowest BCUT2D eigenvalue weighted by molar-refractivity contribution is -0.120. The summed E-state index contributed by atoms with van der Waals surface area (Å²) >= 11 is 6.13. The molecule has 0 radical (unpaired) electrons. The third kappa shape index (κ3) is 1.52. The standard InChI is InChI=1S/C11H17ClO3/c1-5-4-14-11(15-5)8-3-6-2-7(8)10(13)9(6)12/h5-11,13H,2-4H2,1H3/t5-,6-,7-,8+,9+,10-,11-/m0/s1. The second-order valence-corrected chi connectivity index (χ2v) is 5.65. The maximum Gasteiger partial charge on any atom is 0.161 e. The summed E-state index contributed by atoms with van der Waals surface area (Å²) in [6, 6.07) is 0. The van der Waals surface area contributed by atoms with Gasteiger partial charge in [-0.05, 0) is 31.6 Å². The molecule has 1 heterocycles. The number of alkyl halides is 1. The van der Waals surface area contributed by atoms with Crippen molar-refractivity contribution in [1.82, 2.24) is 0 Å². The topological polar surface area (TPSA) is 38.7 Å². The highest BCUT2D eigenvalue weighted by molar-refractivity contribution is 6.21. The average Bonchev–Trinajstić information content (AvgIpc) is 2.85. The lowest BCUT2D eigenvalue weighted by atomic mass is 9.86. The zero-order valence-corrected chi connectivity index (χ0v) is 9.56. The Hall–Kier alpha value is 0.170. The highest BCUT2D eigenvalue weighted by Crippen LogP contribution is 2.52. The minimum absolute atomic E-state index is 0.0509. The van der Waals surface area contributed by atoms with Crippen molar-refractivity contribution in [3.63, 3.8) is 0 Å². The van der Waals surface area contributed by atoms with Gasteiger partial charge in [-0.25, -0.2) is 0 Å². The van der Waals surface area contributed by atoms with Gasteiger partial charge < -0.3 is 14.6 Å². The number of hydrogen-bond donors (Lipinski definition) is 1. The monoisotopic (exact) mass is 232 g/mol. The summed E-state index contributed by atoms with van der Waals surface area (Å²) in [5, 5.41) is 9.89. The van der Waals surface area contributed by atoms with Crippen LogP contribution < -0.4 is 0 Å². The number of ether oxygens (including phenoxy) is 2. The molecular formula is C11H17ClO3. The largest absolute Gasteiger partial charge is 0.391 e. The van der Waals surface area contributed by atoms with Gasteiger partial charge in [-0.3, -0.25) is 0 Å². The fraction of sp³-hybridized carbons (Fsp3) is 1.00. The van der Waals surface area contributed by atoms with Gasteiger partial charge in [0.1, 0.15) is 0 Å². The number of aliphatic hydroxyl groups excluding tert-OH is 1. The third-order valence-corrected chi connectivity index (χ3v) is 4.74. The summed E-state index contributed by atoms with van der Waals surface area (Å²) in [5.74, 6) is 1.09. The van der Waals surface area contributed by atoms with Crippen LogP contribution in [-0.2, 0) is 9.47 Å². The molecule has 0 aromatic rings. The van der Waals surface area contributed by atoms with Gasteiger partial charge in [0, 0.05) is 5.92 Å². The fourth-order valence-corrected chi connectivity index (χ4v) is 3.78. The van der Waals surface area contributed by atoms with E-state index in [-0.39, 0.29) is 29.8 Å². The van der Waals surface area contributed by atoms with Gasteiger partial charge >= 0.3 is 0 Å². The van der Waals surface area contributed by atoms with Crippen molar-refractivity contribution >= 4 is 11.6 Å². The molecule has 1 aliphatic heterocycles. The molecule has 3 rings (SSSR count). The molecule has 2 aliphatic carbocycles. The van der Waals surface area contributed by atoms with Crippen LogP contribution in [0.1, 0.15) is 19.8 Å². The summed E-state index contributed by atoms with van der Waals surface area (Å²) in [6.45, 7) is 2.70. The molecule has 1 saturated heterocycles. The second-order valence-electron chi connectivity index (χ2n) is 5.14. The SMILES string of the molecule is C[C@H]1CO[C@H]([C@@H]2C[C@@H]3C[C@@H]2[C@H](O)[C@@H]3Cl)O1. The van der Waals surface area contributed by atoms with Gasteiger partial charge in [0.25, 0.3) is 0 Å². The van der Waals surface area contributed by atoms with Gasteiger partial charge in [-0.15, -0.1) is 11.6 Å². The van der Waals surface area contributed by atoms with Crippen LogP contribution in [0.4, 0.5) is 0 Å². The Balaban J connectivity index is 1.70. The minimum Gasteiger partial charge on any atom is -0.391 e. The molecule has 0 aromatic heterocycles. The molecule has 2 bridgehead atoms. The molecule has 2 saturated carbocycles. The van der Waals surface area contributed by atoms with Crippen molar-refractivity contribution in [2.75, 3.05) is 6.61 Å². The summed E-state index contributed by atoms with van der Waals surface area (Å²) in [7, 11) is 0. The fourth-order valence-electron chi connectivity index (χ4n) is 3.39. The molecule has 0 aromatic carbocycles. The Labute approximate surface area is 94.7 Å². The maximum absolute atomic E-state index is 9.94. The summed E-state index contributed by atoms with van der Waals surface area (Å²) in [5.41, 5.74) is 0. The predicted molar refractivity (Wildman–Crippen MR) is 55.6 cm³/mol. The zero-order chi connectivity index (χ0) is 10.6. The van der Waals surface area contributed by atoms with Gasteiger partial charge in [0.05, 0.1) is 24.2 Å². The van der Waals surface area contributed by atoms with Gasteiger partial charge in [-0.1, -0.05) is 0 Å². The van der Waals surface area contributed by atoms with E-state index in [9.17, 15) is 5.11 Å². The maximum atomic E-state index is 9.94. The Morgan fingerprint density at radius 3 is 2.53 bits per heavy atom. The van der Waals surface area contributed by atoms with Crippen LogP contribution in [-0.4, -0.2) is 35.6 Å². The Bertz CT molecular complexity index is 258. The molecular weight excluding hydrogens is 216 g/mol. The molecule has 15 heavy (non-hydrogen) atoms. The molecule has 3 aliphatic rings. The van der Waals surface area contributed by atoms with Crippen molar-refractivity contribution in [2.45, 2.75) is 43.6 Å². The van der Waals surface area contributed by atoms with E-state index >= 15 is 0 Å². The summed E-state index contributed by atoms with van der Waals surface area (Å²) < 4.78 is 11.3. The molecule has 3 nitrogen and oxygen atoms in total. The molecule has 86 valence electrons. The Morgan fingerprint density at radius 2 is 2.00 bits per heavy atom. The first-order chi connectivity index (χ1) is 7.16. The van der Waals surface area contributed by atoms with Crippen LogP contribution in [0.25, 0.3) is 0 Å². The Morgan fingerprint density at radius 1 is 1.27 bits per heavy atom. The van der Waals surface area contributed by atoms with Crippen LogP contribution >= 0.6 is 11.6 Å². The van der Waals surface area contributed by atoms with Crippen LogP contribution in [0.3, 0.4) is 0 Å². The van der Waals surface area contributed by atoms with E-state index in [1.54, 1.807) is 0 Å². The smallest absolute Gasteiger partial charge is 0.161 e. The van der Waals surface area contributed by atoms with Crippen LogP contribution in [0.5, 0.6) is 0 Å². The lowest BCUT2D eigenvalue weighted by Gasteiger charge is -2.32. The van der Waals surface area contributed by atoms with Crippen molar-refractivity contribution < 1.29 is 14.6 Å². The molecule has 0 amide bonds. The molecule has 3 fully saturated rings. The van der Waals surface area contributed by atoms with Crippen LogP contribution in [0, 0.1) is 17.8 Å². The third-order valence-electron chi connectivity index (χ3n) is 4.13. The van der Waals surface area contributed by atoms with Crippen LogP contribution in [0.2, 0.25) is 0 Å². The van der Waals surface area contributed by atoms with E-state index in [0.717, 1.165) is 12.8 Å². The first-order valence-corrected chi connectivity index (χ1v) is 6.19. The molecule has 7 atom stereocenters. The van der Waals surface area contributed by atoms with Gasteiger partial charge in [0.2, 0.25) is 0 Å². The van der Waals surface area contributed by atoms with Crippen molar-refractivity contribution in [1.29, 1.82) is 0 Å². The number of rotatable bonds is 1. The van der Waals surface area contributed by atoms with E-state index in [1.165, 1.54) is 0 Å². The summed E-state index contributed by atoms with van der Waals surface area (Å²) in [6.07, 6.45) is 1.82. The number of hydrogen-bond acceptors (Lipinski definition) is 3. The van der Waals surface area contributed by atoms with E-state index in [0.29, 0.717) is 18.4 Å². The molecule has 0 spiro atoms. The molecule has 4 heteroatoms. The second kappa shape index (κ2) is 3.59. The van der Waals surface area contributed by atoms with E-state index in [4.69, 9.17) is 21.1 Å². The van der Waals surface area contributed by atoms with Crippen LogP contribution in [0.15, 0.2) is 0 Å². The van der Waals surface area contributed by atoms with Crippen molar-refractivity contribution in [3.8, 4) is 0 Å². The Kier molecular flexibility index (Phi) is 2.47. The van der Waals surface area contributed by atoms with E-state index < -0.39 is 0 Å². The van der Waals surface area contributed by atoms with Crippen molar-refractivity contribution in [3.05, 3.63) is 0 Å². The lowest BCUT2D eigenvalue weighted by Crippen LogP contribution is -2.39. The molecule has 1 N–H and O–H groups in total.